The van der Waals surface area contributed by atoms with Gasteiger partial charge in [-0.05, 0) is 43.7 Å². The number of rotatable bonds is 10. The fourth-order valence-electron chi connectivity index (χ4n) is 3.26. The van der Waals surface area contributed by atoms with Gasteiger partial charge >= 0.3 is 0 Å². The summed E-state index contributed by atoms with van der Waals surface area (Å²) in [6.45, 7) is 11.4. The molecule has 1 heterocycles. The highest BCUT2D eigenvalue weighted by atomic mass is 127. The van der Waals surface area contributed by atoms with Crippen LogP contribution in [0.5, 0.6) is 0 Å². The van der Waals surface area contributed by atoms with Gasteiger partial charge in [-0.25, -0.2) is 4.39 Å². The maximum atomic E-state index is 14.1. The summed E-state index contributed by atoms with van der Waals surface area (Å²) < 4.78 is 25.3. The summed E-state index contributed by atoms with van der Waals surface area (Å²) in [5.74, 6) is 1.22. The minimum Gasteiger partial charge on any atom is -0.381 e. The maximum Gasteiger partial charge on any atom is 0.191 e. The van der Waals surface area contributed by atoms with E-state index in [9.17, 15) is 4.39 Å². The number of ether oxygens (including phenoxy) is 2. The van der Waals surface area contributed by atoms with E-state index in [1.807, 2.05) is 32.9 Å². The molecule has 1 fully saturated rings. The molecule has 0 aliphatic carbocycles. The third-order valence-corrected chi connectivity index (χ3v) is 5.03. The van der Waals surface area contributed by atoms with Crippen LogP contribution in [0, 0.1) is 11.7 Å². The smallest absolute Gasteiger partial charge is 0.191 e. The van der Waals surface area contributed by atoms with Crippen molar-refractivity contribution in [3.63, 3.8) is 0 Å². The van der Waals surface area contributed by atoms with E-state index >= 15 is 0 Å². The highest BCUT2D eigenvalue weighted by molar-refractivity contribution is 14.0. The van der Waals surface area contributed by atoms with Crippen molar-refractivity contribution in [1.82, 2.24) is 10.6 Å². The van der Waals surface area contributed by atoms with Gasteiger partial charge in [-0.1, -0.05) is 32.0 Å². The largest absolute Gasteiger partial charge is 0.381 e. The van der Waals surface area contributed by atoms with Gasteiger partial charge in [0.05, 0.1) is 6.54 Å². The van der Waals surface area contributed by atoms with Crippen LogP contribution in [0.3, 0.4) is 0 Å². The van der Waals surface area contributed by atoms with Gasteiger partial charge in [0, 0.05) is 44.9 Å². The van der Waals surface area contributed by atoms with Crippen LogP contribution in [0.15, 0.2) is 29.3 Å². The minimum absolute atomic E-state index is 0. The van der Waals surface area contributed by atoms with Crippen molar-refractivity contribution in [2.45, 2.75) is 45.4 Å². The summed E-state index contributed by atoms with van der Waals surface area (Å²) in [6.07, 6.45) is 3.13. The van der Waals surface area contributed by atoms with Crippen molar-refractivity contribution >= 4 is 29.9 Å². The number of halogens is 2. The topological polar surface area (TPSA) is 54.9 Å². The Bertz CT molecular complexity index is 607. The third kappa shape index (κ3) is 9.61. The van der Waals surface area contributed by atoms with Crippen molar-refractivity contribution in [1.29, 1.82) is 0 Å². The molecule has 7 heteroatoms. The monoisotopic (exact) mass is 521 g/mol. The maximum absolute atomic E-state index is 14.1. The van der Waals surface area contributed by atoms with Gasteiger partial charge < -0.3 is 20.1 Å². The molecule has 29 heavy (non-hydrogen) atoms. The van der Waals surface area contributed by atoms with Crippen molar-refractivity contribution in [3.8, 4) is 0 Å². The molecule has 0 saturated carbocycles. The summed E-state index contributed by atoms with van der Waals surface area (Å²) in [6, 6.07) is 6.92. The van der Waals surface area contributed by atoms with Crippen molar-refractivity contribution in [2.75, 3.05) is 46.1 Å². The second kappa shape index (κ2) is 14.1. The predicted molar refractivity (Wildman–Crippen MR) is 128 cm³/mol. The molecule has 1 saturated heterocycles. The Morgan fingerprint density at radius 1 is 1.24 bits per heavy atom. The summed E-state index contributed by atoms with van der Waals surface area (Å²) in [7, 11) is 0. The predicted octanol–water partition coefficient (Wildman–Crippen LogP) is 4.11. The quantitative estimate of drug-likeness (QED) is 0.211. The first-order valence-electron chi connectivity index (χ1n) is 10.5. The molecule has 2 N–H and O–H groups in total. The molecular weight excluding hydrogens is 484 g/mol. The van der Waals surface area contributed by atoms with Gasteiger partial charge in [0.15, 0.2) is 5.96 Å². The van der Waals surface area contributed by atoms with E-state index in [1.54, 1.807) is 6.07 Å². The van der Waals surface area contributed by atoms with E-state index in [-0.39, 0.29) is 35.2 Å². The fraction of sp³-hybridized carbons (Fsp3) is 0.682. The van der Waals surface area contributed by atoms with E-state index in [1.165, 1.54) is 6.07 Å². The van der Waals surface area contributed by atoms with Crippen LogP contribution < -0.4 is 10.6 Å². The third-order valence-electron chi connectivity index (χ3n) is 5.03. The van der Waals surface area contributed by atoms with Crippen LogP contribution in [0.4, 0.5) is 4.39 Å². The number of nitrogens with one attached hydrogen (secondary N) is 2. The van der Waals surface area contributed by atoms with Gasteiger partial charge in [-0.15, -0.1) is 24.0 Å². The molecule has 0 atom stereocenters. The van der Waals surface area contributed by atoms with Crippen LogP contribution in [0.25, 0.3) is 0 Å². The van der Waals surface area contributed by atoms with E-state index < -0.39 is 0 Å². The Morgan fingerprint density at radius 2 is 1.97 bits per heavy atom. The van der Waals surface area contributed by atoms with E-state index in [0.717, 1.165) is 64.7 Å². The molecule has 0 amide bonds. The summed E-state index contributed by atoms with van der Waals surface area (Å²) >= 11 is 0. The minimum atomic E-state index is -0.374. The van der Waals surface area contributed by atoms with Gasteiger partial charge in [0.2, 0.25) is 0 Å². The first kappa shape index (κ1) is 26.1. The fourth-order valence-corrected chi connectivity index (χ4v) is 3.26. The molecular formula is C22H37FIN3O2. The molecule has 1 aliphatic rings. The zero-order valence-corrected chi connectivity index (χ0v) is 20.3. The molecule has 1 aliphatic heterocycles. The second-order valence-electron chi connectivity index (χ2n) is 7.97. The Labute approximate surface area is 192 Å². The Balaban J connectivity index is 0.00000420. The van der Waals surface area contributed by atoms with Crippen molar-refractivity contribution < 1.29 is 13.9 Å². The summed E-state index contributed by atoms with van der Waals surface area (Å²) in [5.41, 5.74) is 0.316. The van der Waals surface area contributed by atoms with Gasteiger partial charge in [0.25, 0.3) is 0 Å². The van der Waals surface area contributed by atoms with Gasteiger partial charge in [-0.3, -0.25) is 4.99 Å². The molecule has 1 aromatic carbocycles. The zero-order chi connectivity index (χ0) is 20.2. The second-order valence-corrected chi connectivity index (χ2v) is 7.97. The van der Waals surface area contributed by atoms with E-state index in [2.05, 4.69) is 15.6 Å². The number of hydrogen-bond acceptors (Lipinski definition) is 3. The van der Waals surface area contributed by atoms with Crippen LogP contribution in [-0.2, 0) is 14.9 Å². The molecule has 1 aromatic rings. The lowest BCUT2D eigenvalue weighted by Gasteiger charge is -2.24. The number of benzene rings is 1. The van der Waals surface area contributed by atoms with Crippen LogP contribution in [-0.4, -0.2) is 52.0 Å². The number of aliphatic imine (C=N–C) groups is 1. The van der Waals surface area contributed by atoms with Gasteiger partial charge in [-0.2, -0.15) is 0 Å². The first-order valence-corrected chi connectivity index (χ1v) is 10.5. The number of guanidine groups is 1. The lowest BCUT2D eigenvalue weighted by molar-refractivity contribution is 0.0203. The lowest BCUT2D eigenvalue weighted by atomic mass is 9.84. The van der Waals surface area contributed by atoms with Crippen molar-refractivity contribution in [3.05, 3.63) is 35.6 Å². The van der Waals surface area contributed by atoms with E-state index in [0.29, 0.717) is 18.0 Å². The Kier molecular flexibility index (Phi) is 12.7. The summed E-state index contributed by atoms with van der Waals surface area (Å²) in [5, 5.41) is 6.60. The molecule has 0 spiro atoms. The highest BCUT2D eigenvalue weighted by Crippen LogP contribution is 2.25. The zero-order valence-electron chi connectivity index (χ0n) is 18.0. The Morgan fingerprint density at radius 3 is 2.66 bits per heavy atom. The standard InChI is InChI=1S/C22H36FN3O2.HI/c1-4-24-21(25-12-7-13-28-16-18-10-14-27-15-11-18)26-17-22(2,3)19-8-5-6-9-20(19)23;/h5-6,8-9,18H,4,7,10-17H2,1-3H3,(H2,24,25,26);1H. The molecule has 2 rings (SSSR count). The number of hydrogen-bond donors (Lipinski definition) is 2. The molecule has 0 aromatic heterocycles. The average Bonchev–Trinajstić information content (AvgIpc) is 2.69. The molecule has 5 nitrogen and oxygen atoms in total. The lowest BCUT2D eigenvalue weighted by Crippen LogP contribution is -2.39. The van der Waals surface area contributed by atoms with Crippen LogP contribution in [0.1, 0.15) is 45.6 Å². The number of nitrogens with zero attached hydrogens (tertiary/aromatic N) is 1. The summed E-state index contributed by atoms with van der Waals surface area (Å²) in [4.78, 5) is 4.67. The van der Waals surface area contributed by atoms with Crippen LogP contribution >= 0.6 is 24.0 Å². The average molecular weight is 521 g/mol. The molecule has 0 bridgehead atoms. The van der Waals surface area contributed by atoms with Gasteiger partial charge in [0.1, 0.15) is 5.82 Å². The normalized spacial score (nSPS) is 15.7. The molecule has 166 valence electrons. The van der Waals surface area contributed by atoms with Crippen molar-refractivity contribution in [2.24, 2.45) is 10.9 Å². The highest BCUT2D eigenvalue weighted by Gasteiger charge is 2.23. The molecule has 0 unspecified atom stereocenters. The van der Waals surface area contributed by atoms with Crippen LogP contribution in [0.2, 0.25) is 0 Å². The first-order chi connectivity index (χ1) is 13.5. The molecule has 0 radical (unpaired) electrons. The van der Waals surface area contributed by atoms with E-state index in [4.69, 9.17) is 9.47 Å². The SMILES string of the molecule is CCNC(=NCC(C)(C)c1ccccc1F)NCCCOCC1CCOCC1.I. The Hall–Kier alpha value is -0.930.